The molecule has 0 aromatic heterocycles. The van der Waals surface area contributed by atoms with Gasteiger partial charge in [0.1, 0.15) is 6.61 Å². The molecule has 0 unspecified atom stereocenters. The van der Waals surface area contributed by atoms with Gasteiger partial charge >= 0.3 is 0 Å². The number of benzene rings is 2. The number of nitriles is 1. The molecule has 0 N–H and O–H groups in total. The summed E-state index contributed by atoms with van der Waals surface area (Å²) in [6.07, 6.45) is 0. The molecule has 4 heteroatoms. The molecule has 0 saturated carbocycles. The van der Waals surface area contributed by atoms with Gasteiger partial charge in [0.25, 0.3) is 0 Å². The first-order chi connectivity index (χ1) is 8.70. The average molecular weight is 262 g/mol. The van der Waals surface area contributed by atoms with Crippen molar-refractivity contribution in [2.75, 3.05) is 0 Å². The Morgan fingerprint density at radius 3 is 2.67 bits per heavy atom. The number of hydrogen-bond donors (Lipinski definition) is 0. The van der Waals surface area contributed by atoms with Gasteiger partial charge in [0.15, 0.2) is 11.6 Å². The van der Waals surface area contributed by atoms with Gasteiger partial charge in [0.05, 0.1) is 11.6 Å². The molecule has 0 radical (unpaired) electrons. The largest absolute Gasteiger partial charge is 0.486 e. The lowest BCUT2D eigenvalue weighted by Gasteiger charge is -2.08. The second-order valence-corrected chi connectivity index (χ2v) is 4.04. The van der Waals surface area contributed by atoms with Crippen LogP contribution < -0.4 is 4.74 Å². The molecule has 2 aromatic rings. The number of halogens is 2. The van der Waals surface area contributed by atoms with E-state index >= 15 is 0 Å². The molecule has 2 aromatic carbocycles. The summed E-state index contributed by atoms with van der Waals surface area (Å²) in [5.41, 5.74) is 1.04. The van der Waals surface area contributed by atoms with Crippen LogP contribution in [-0.2, 0) is 6.61 Å². The zero-order valence-corrected chi connectivity index (χ0v) is 10.1. The number of ether oxygens (including phenoxy) is 1. The second-order valence-electron chi connectivity index (χ2n) is 3.64. The molecule has 0 heterocycles. The molecule has 0 aliphatic carbocycles. The van der Waals surface area contributed by atoms with Crippen molar-refractivity contribution in [1.29, 1.82) is 5.26 Å². The van der Waals surface area contributed by atoms with Crippen molar-refractivity contribution in [2.24, 2.45) is 0 Å². The van der Waals surface area contributed by atoms with Gasteiger partial charge < -0.3 is 4.74 Å². The van der Waals surface area contributed by atoms with Gasteiger partial charge in [-0.2, -0.15) is 5.26 Å². The summed E-state index contributed by atoms with van der Waals surface area (Å²) in [6, 6.07) is 13.1. The second kappa shape index (κ2) is 5.52. The predicted octanol–water partition coefficient (Wildman–Crippen LogP) is 3.93. The molecule has 90 valence electrons. The van der Waals surface area contributed by atoms with E-state index in [4.69, 9.17) is 21.6 Å². The van der Waals surface area contributed by atoms with Crippen LogP contribution in [0.1, 0.15) is 11.1 Å². The first-order valence-electron chi connectivity index (χ1n) is 5.26. The summed E-state index contributed by atoms with van der Waals surface area (Å²) in [5, 5.41) is 9.20. The van der Waals surface area contributed by atoms with Crippen LogP contribution in [0, 0.1) is 17.1 Å². The molecule has 18 heavy (non-hydrogen) atoms. The highest BCUT2D eigenvalue weighted by molar-refractivity contribution is 6.31. The Bertz CT molecular complexity index is 607. The zero-order valence-electron chi connectivity index (χ0n) is 9.36. The molecule has 0 spiro atoms. The Morgan fingerprint density at radius 1 is 1.22 bits per heavy atom. The lowest BCUT2D eigenvalue weighted by Crippen LogP contribution is -1.98. The first kappa shape index (κ1) is 12.4. The predicted molar refractivity (Wildman–Crippen MR) is 66.9 cm³/mol. The van der Waals surface area contributed by atoms with Gasteiger partial charge in [-0.15, -0.1) is 0 Å². The van der Waals surface area contributed by atoms with E-state index in [0.717, 1.165) is 11.6 Å². The monoisotopic (exact) mass is 261 g/mol. The van der Waals surface area contributed by atoms with Gasteiger partial charge in [-0.1, -0.05) is 29.8 Å². The van der Waals surface area contributed by atoms with Crippen LogP contribution in [0.15, 0.2) is 42.5 Å². The van der Waals surface area contributed by atoms with E-state index < -0.39 is 5.82 Å². The van der Waals surface area contributed by atoms with Gasteiger partial charge in [0, 0.05) is 10.6 Å². The molecule has 0 aliphatic heterocycles. The SMILES string of the molecule is N#Cc1ccc(OCc2ccccc2Cl)c(F)c1. The Hall–Kier alpha value is -2.05. The van der Waals surface area contributed by atoms with E-state index in [9.17, 15) is 4.39 Å². The number of nitrogens with zero attached hydrogens (tertiary/aromatic N) is 1. The molecule has 0 bridgehead atoms. The van der Waals surface area contributed by atoms with Crippen LogP contribution in [0.25, 0.3) is 0 Å². The summed E-state index contributed by atoms with van der Waals surface area (Å²) in [5.74, 6) is -0.449. The molecule has 0 amide bonds. The van der Waals surface area contributed by atoms with E-state index in [2.05, 4.69) is 0 Å². The summed E-state index contributed by atoms with van der Waals surface area (Å²) < 4.78 is 18.9. The Morgan fingerprint density at radius 2 is 2.00 bits per heavy atom. The zero-order chi connectivity index (χ0) is 13.0. The van der Waals surface area contributed by atoms with E-state index in [0.29, 0.717) is 5.02 Å². The van der Waals surface area contributed by atoms with Crippen molar-refractivity contribution >= 4 is 11.6 Å². The highest BCUT2D eigenvalue weighted by Gasteiger charge is 2.06. The molecular weight excluding hydrogens is 253 g/mol. The molecule has 0 atom stereocenters. The van der Waals surface area contributed by atoms with Crippen LogP contribution in [0.5, 0.6) is 5.75 Å². The summed E-state index contributed by atoms with van der Waals surface area (Å²) in [6.45, 7) is 0.183. The first-order valence-corrected chi connectivity index (χ1v) is 5.64. The Kier molecular flexibility index (Phi) is 3.81. The van der Waals surface area contributed by atoms with Crippen molar-refractivity contribution in [3.63, 3.8) is 0 Å². The van der Waals surface area contributed by atoms with E-state index in [1.54, 1.807) is 6.07 Å². The highest BCUT2D eigenvalue weighted by Crippen LogP contribution is 2.21. The average Bonchev–Trinajstić information content (AvgIpc) is 2.39. The fourth-order valence-electron chi connectivity index (χ4n) is 1.46. The maximum absolute atomic E-state index is 13.5. The fraction of sp³-hybridized carbons (Fsp3) is 0.0714. The summed E-state index contributed by atoms with van der Waals surface area (Å²) >= 11 is 5.96. The quantitative estimate of drug-likeness (QED) is 0.839. The molecule has 0 aliphatic rings. The minimum atomic E-state index is -0.555. The standard InChI is InChI=1S/C14H9ClFNO/c15-12-4-2-1-3-11(12)9-18-14-6-5-10(8-17)7-13(14)16/h1-7H,9H2. The number of hydrogen-bond acceptors (Lipinski definition) is 2. The third-order valence-electron chi connectivity index (χ3n) is 2.40. The highest BCUT2D eigenvalue weighted by atomic mass is 35.5. The van der Waals surface area contributed by atoms with Gasteiger partial charge in [-0.3, -0.25) is 0 Å². The summed E-state index contributed by atoms with van der Waals surface area (Å²) in [4.78, 5) is 0. The minimum Gasteiger partial charge on any atom is -0.486 e. The van der Waals surface area contributed by atoms with Crippen LogP contribution >= 0.6 is 11.6 Å². The van der Waals surface area contributed by atoms with Gasteiger partial charge in [-0.05, 0) is 24.3 Å². The molecule has 2 rings (SSSR count). The van der Waals surface area contributed by atoms with Crippen molar-refractivity contribution in [3.8, 4) is 11.8 Å². The van der Waals surface area contributed by atoms with Gasteiger partial charge in [0.2, 0.25) is 0 Å². The topological polar surface area (TPSA) is 33.0 Å². The third kappa shape index (κ3) is 2.79. The maximum Gasteiger partial charge on any atom is 0.166 e. The maximum atomic E-state index is 13.5. The van der Waals surface area contributed by atoms with E-state index in [-0.39, 0.29) is 17.9 Å². The Labute approximate surface area is 109 Å². The fourth-order valence-corrected chi connectivity index (χ4v) is 1.65. The smallest absolute Gasteiger partial charge is 0.166 e. The van der Waals surface area contributed by atoms with Gasteiger partial charge in [-0.25, -0.2) is 4.39 Å². The van der Waals surface area contributed by atoms with Crippen molar-refractivity contribution < 1.29 is 9.13 Å². The van der Waals surface area contributed by atoms with Crippen LogP contribution in [0.3, 0.4) is 0 Å². The van der Waals surface area contributed by atoms with E-state index in [1.807, 2.05) is 24.3 Å². The molecular formula is C14H9ClFNO. The van der Waals surface area contributed by atoms with Crippen LogP contribution in [0.4, 0.5) is 4.39 Å². The summed E-state index contributed by atoms with van der Waals surface area (Å²) in [7, 11) is 0. The number of rotatable bonds is 3. The third-order valence-corrected chi connectivity index (χ3v) is 2.77. The van der Waals surface area contributed by atoms with E-state index in [1.165, 1.54) is 12.1 Å². The van der Waals surface area contributed by atoms with Crippen LogP contribution in [0.2, 0.25) is 5.02 Å². The van der Waals surface area contributed by atoms with Crippen LogP contribution in [-0.4, -0.2) is 0 Å². The normalized spacial score (nSPS) is 9.83. The molecule has 0 fully saturated rings. The van der Waals surface area contributed by atoms with Crippen molar-refractivity contribution in [3.05, 3.63) is 64.4 Å². The minimum absolute atomic E-state index is 0.105. The lowest BCUT2D eigenvalue weighted by molar-refractivity contribution is 0.290. The van der Waals surface area contributed by atoms with Crippen molar-refractivity contribution in [1.82, 2.24) is 0 Å². The molecule has 2 nitrogen and oxygen atoms in total. The lowest BCUT2D eigenvalue weighted by atomic mass is 10.2. The molecule has 0 saturated heterocycles. The Balaban J connectivity index is 2.12. The van der Waals surface area contributed by atoms with Crippen molar-refractivity contribution in [2.45, 2.75) is 6.61 Å².